The van der Waals surface area contributed by atoms with Gasteiger partial charge in [-0.3, -0.25) is 18.9 Å². The lowest BCUT2D eigenvalue weighted by molar-refractivity contribution is -0.116. The fourth-order valence-electron chi connectivity index (χ4n) is 2.46. The Hall–Kier alpha value is -3.03. The Morgan fingerprint density at radius 3 is 2.57 bits per heavy atom. The number of benzene rings is 1. The van der Waals surface area contributed by atoms with Gasteiger partial charge in [-0.1, -0.05) is 12.1 Å². The number of hydrogen-bond donors (Lipinski definition) is 1. The summed E-state index contributed by atoms with van der Waals surface area (Å²) in [6.45, 7) is 2.18. The van der Waals surface area contributed by atoms with Crippen molar-refractivity contribution in [2.45, 2.75) is 20.0 Å². The van der Waals surface area contributed by atoms with Gasteiger partial charge in [-0.2, -0.15) is 9.37 Å². The Balaban J connectivity index is 1.91. The minimum absolute atomic E-state index is 0.00211. The predicted molar refractivity (Wildman–Crippen MR) is 82.5 cm³/mol. The molecule has 0 fully saturated rings. The molecule has 0 unspecified atom stereocenters. The number of rotatable bonds is 4. The molecule has 1 amide bonds. The van der Waals surface area contributed by atoms with Crippen molar-refractivity contribution in [3.05, 3.63) is 53.1 Å². The number of carbonyl (C=O) groups is 1. The van der Waals surface area contributed by atoms with Crippen LogP contribution in [0.4, 0.5) is 10.2 Å². The quantitative estimate of drug-likeness (QED) is 0.789. The molecular formula is C15H14FN5O2. The van der Waals surface area contributed by atoms with Gasteiger partial charge in [0.25, 0.3) is 0 Å². The summed E-state index contributed by atoms with van der Waals surface area (Å²) in [5, 5.41) is 2.43. The Bertz CT molecular complexity index is 931. The molecule has 0 bridgehead atoms. The lowest BCUT2D eigenvalue weighted by Crippen LogP contribution is -2.29. The second kappa shape index (κ2) is 5.99. The maximum absolute atomic E-state index is 13.0. The van der Waals surface area contributed by atoms with E-state index in [1.165, 1.54) is 10.8 Å². The lowest BCUT2D eigenvalue weighted by atomic mass is 10.3. The Kier molecular flexibility index (Phi) is 3.88. The smallest absolute Gasteiger partial charge is 0.308 e. The number of fused-ring (bicyclic) bond motifs is 1. The first-order valence-electron chi connectivity index (χ1n) is 7.05. The summed E-state index contributed by atoms with van der Waals surface area (Å²) in [4.78, 5) is 31.6. The Morgan fingerprint density at radius 1 is 1.22 bits per heavy atom. The molecule has 2 aromatic heterocycles. The van der Waals surface area contributed by atoms with E-state index in [-0.39, 0.29) is 18.1 Å². The third-order valence-corrected chi connectivity index (χ3v) is 3.42. The summed E-state index contributed by atoms with van der Waals surface area (Å²) in [5.41, 5.74) is 1.16. The van der Waals surface area contributed by atoms with E-state index in [0.29, 0.717) is 12.1 Å². The van der Waals surface area contributed by atoms with E-state index in [1.807, 2.05) is 19.1 Å². The minimum Gasteiger partial charge on any atom is -0.308 e. The van der Waals surface area contributed by atoms with Gasteiger partial charge < -0.3 is 5.32 Å². The number of nitrogens with one attached hydrogen (secondary N) is 1. The van der Waals surface area contributed by atoms with Gasteiger partial charge in [-0.05, 0) is 19.1 Å². The summed E-state index contributed by atoms with van der Waals surface area (Å²) in [5.74, 6) is -1.27. The number of para-hydroxylation sites is 2. The van der Waals surface area contributed by atoms with E-state index in [9.17, 15) is 14.0 Å². The largest absolute Gasteiger partial charge is 0.329 e. The highest BCUT2D eigenvalue weighted by atomic mass is 19.1. The lowest BCUT2D eigenvalue weighted by Gasteiger charge is -2.05. The maximum atomic E-state index is 13.0. The van der Waals surface area contributed by atoms with Crippen molar-refractivity contribution >= 4 is 22.8 Å². The van der Waals surface area contributed by atoms with Gasteiger partial charge in [0.1, 0.15) is 6.54 Å². The molecule has 0 aliphatic rings. The number of carbonyl (C=O) groups excluding carboxylic acids is 1. The third kappa shape index (κ3) is 2.83. The molecule has 0 radical (unpaired) electrons. The third-order valence-electron chi connectivity index (χ3n) is 3.42. The number of amides is 1. The van der Waals surface area contributed by atoms with Crippen molar-refractivity contribution in [3.8, 4) is 0 Å². The second-order valence-electron chi connectivity index (χ2n) is 4.88. The van der Waals surface area contributed by atoms with E-state index in [1.54, 1.807) is 16.7 Å². The average molecular weight is 315 g/mol. The van der Waals surface area contributed by atoms with Crippen LogP contribution in [-0.4, -0.2) is 25.0 Å². The zero-order chi connectivity index (χ0) is 16.4. The van der Waals surface area contributed by atoms with E-state index >= 15 is 0 Å². The van der Waals surface area contributed by atoms with E-state index in [0.717, 1.165) is 11.7 Å². The van der Waals surface area contributed by atoms with Gasteiger partial charge in [0, 0.05) is 6.54 Å². The molecule has 2 heterocycles. The van der Waals surface area contributed by atoms with Crippen molar-refractivity contribution in [2.24, 2.45) is 0 Å². The fraction of sp³-hybridized carbons (Fsp3) is 0.200. The van der Waals surface area contributed by atoms with Crippen LogP contribution in [-0.2, 0) is 17.9 Å². The zero-order valence-corrected chi connectivity index (χ0v) is 12.4. The van der Waals surface area contributed by atoms with Crippen molar-refractivity contribution in [2.75, 3.05) is 5.32 Å². The predicted octanol–water partition coefficient (Wildman–Crippen LogP) is 1.39. The zero-order valence-electron chi connectivity index (χ0n) is 12.4. The Labute approximate surface area is 130 Å². The van der Waals surface area contributed by atoms with Gasteiger partial charge in [-0.25, -0.2) is 4.79 Å². The van der Waals surface area contributed by atoms with Crippen LogP contribution in [0.15, 0.2) is 41.5 Å². The number of imidazole rings is 1. The molecule has 0 saturated carbocycles. The molecule has 1 aromatic carbocycles. The topological polar surface area (TPSA) is 81.8 Å². The molecule has 0 aliphatic heterocycles. The average Bonchev–Trinajstić information content (AvgIpc) is 2.79. The monoisotopic (exact) mass is 315 g/mol. The number of anilines is 1. The van der Waals surface area contributed by atoms with Crippen LogP contribution in [0.1, 0.15) is 6.92 Å². The molecule has 0 atom stereocenters. The summed E-state index contributed by atoms with van der Waals surface area (Å²) < 4.78 is 15.9. The van der Waals surface area contributed by atoms with Crippen LogP contribution in [0.25, 0.3) is 11.0 Å². The first-order valence-corrected chi connectivity index (χ1v) is 7.05. The van der Waals surface area contributed by atoms with E-state index in [2.05, 4.69) is 15.3 Å². The molecular weight excluding hydrogens is 301 g/mol. The van der Waals surface area contributed by atoms with Crippen molar-refractivity contribution in [1.82, 2.24) is 19.1 Å². The van der Waals surface area contributed by atoms with Crippen LogP contribution in [0.5, 0.6) is 0 Å². The standard InChI is InChI=1S/C15H14FN5O2/c1-2-20-10-5-3-4-6-11(10)21(15(20)23)9-14(22)19-13-8-17-7-12(16)18-13/h3-8H,2,9H2,1H3,(H,18,19,22). The molecule has 3 rings (SSSR count). The number of halogens is 1. The van der Waals surface area contributed by atoms with E-state index in [4.69, 9.17) is 0 Å². The van der Waals surface area contributed by atoms with Gasteiger partial charge in [0.15, 0.2) is 5.82 Å². The number of nitrogens with zero attached hydrogens (tertiary/aromatic N) is 4. The molecule has 7 nitrogen and oxygen atoms in total. The molecule has 1 N–H and O–H groups in total. The molecule has 8 heteroatoms. The van der Waals surface area contributed by atoms with Crippen LogP contribution in [0.3, 0.4) is 0 Å². The van der Waals surface area contributed by atoms with Crippen LogP contribution < -0.4 is 11.0 Å². The number of aryl methyl sites for hydroxylation is 1. The normalized spacial score (nSPS) is 10.9. The highest BCUT2D eigenvalue weighted by molar-refractivity contribution is 5.90. The summed E-state index contributed by atoms with van der Waals surface area (Å²) in [7, 11) is 0. The summed E-state index contributed by atoms with van der Waals surface area (Å²) in [6, 6.07) is 7.24. The molecule has 0 spiro atoms. The van der Waals surface area contributed by atoms with Crippen LogP contribution in [0.2, 0.25) is 0 Å². The van der Waals surface area contributed by atoms with Crippen molar-refractivity contribution < 1.29 is 9.18 Å². The number of aromatic nitrogens is 4. The SMILES string of the molecule is CCn1c(=O)n(CC(=O)Nc2cncc(F)n2)c2ccccc21. The van der Waals surface area contributed by atoms with Gasteiger partial charge >= 0.3 is 5.69 Å². The van der Waals surface area contributed by atoms with E-state index < -0.39 is 11.9 Å². The van der Waals surface area contributed by atoms with Crippen molar-refractivity contribution in [3.63, 3.8) is 0 Å². The van der Waals surface area contributed by atoms with Gasteiger partial charge in [0.2, 0.25) is 11.9 Å². The minimum atomic E-state index is -0.789. The second-order valence-corrected chi connectivity index (χ2v) is 4.88. The molecule has 118 valence electrons. The maximum Gasteiger partial charge on any atom is 0.329 e. The highest BCUT2D eigenvalue weighted by Crippen LogP contribution is 2.12. The van der Waals surface area contributed by atoms with Crippen molar-refractivity contribution in [1.29, 1.82) is 0 Å². The first-order chi connectivity index (χ1) is 11.1. The summed E-state index contributed by atoms with van der Waals surface area (Å²) in [6.07, 6.45) is 2.17. The van der Waals surface area contributed by atoms with Crippen LogP contribution in [0, 0.1) is 5.95 Å². The molecule has 23 heavy (non-hydrogen) atoms. The van der Waals surface area contributed by atoms with Gasteiger partial charge in [0.05, 0.1) is 23.4 Å². The van der Waals surface area contributed by atoms with Gasteiger partial charge in [-0.15, -0.1) is 0 Å². The first kappa shape index (κ1) is 14.9. The molecule has 3 aromatic rings. The van der Waals surface area contributed by atoms with Crippen LogP contribution >= 0.6 is 0 Å². The number of hydrogen-bond acceptors (Lipinski definition) is 4. The fourth-order valence-corrected chi connectivity index (χ4v) is 2.46. The molecule has 0 saturated heterocycles. The Morgan fingerprint density at radius 2 is 1.91 bits per heavy atom. The summed E-state index contributed by atoms with van der Waals surface area (Å²) >= 11 is 0. The highest BCUT2D eigenvalue weighted by Gasteiger charge is 2.14. The molecule has 0 aliphatic carbocycles.